The lowest BCUT2D eigenvalue weighted by atomic mass is 10.0. The zero-order chi connectivity index (χ0) is 12.0. The minimum atomic E-state index is -0.177. The van der Waals surface area contributed by atoms with E-state index >= 15 is 0 Å². The number of halogens is 1. The van der Waals surface area contributed by atoms with Crippen molar-refractivity contribution in [1.29, 1.82) is 0 Å². The summed E-state index contributed by atoms with van der Waals surface area (Å²) in [4.78, 5) is 0. The number of aryl methyl sites for hydroxylation is 1. The lowest BCUT2D eigenvalue weighted by molar-refractivity contribution is 0.507. The van der Waals surface area contributed by atoms with E-state index in [1.165, 1.54) is 0 Å². The van der Waals surface area contributed by atoms with Crippen molar-refractivity contribution < 1.29 is 4.39 Å². The van der Waals surface area contributed by atoms with Gasteiger partial charge in [0.2, 0.25) is 0 Å². The van der Waals surface area contributed by atoms with E-state index in [-0.39, 0.29) is 11.9 Å². The lowest BCUT2D eigenvalue weighted by Crippen LogP contribution is -2.22. The molecular formula is C14H18FN. The smallest absolute Gasteiger partial charge is 0.128 e. The summed E-state index contributed by atoms with van der Waals surface area (Å²) < 4.78 is 13.7. The van der Waals surface area contributed by atoms with Crippen LogP contribution in [0.4, 0.5) is 4.39 Å². The lowest BCUT2D eigenvalue weighted by Gasteiger charge is -2.17. The third-order valence-electron chi connectivity index (χ3n) is 2.49. The fourth-order valence-electron chi connectivity index (χ4n) is 1.64. The van der Waals surface area contributed by atoms with Crippen molar-refractivity contribution in [2.45, 2.75) is 32.7 Å². The monoisotopic (exact) mass is 219 g/mol. The summed E-state index contributed by atoms with van der Waals surface area (Å²) in [5.41, 5.74) is 1.59. The molecule has 0 heterocycles. The van der Waals surface area contributed by atoms with Crippen molar-refractivity contribution in [3.8, 4) is 12.3 Å². The van der Waals surface area contributed by atoms with Crippen LogP contribution in [0.3, 0.4) is 0 Å². The average Bonchev–Trinajstić information content (AvgIpc) is 2.25. The van der Waals surface area contributed by atoms with Crippen LogP contribution < -0.4 is 5.32 Å². The van der Waals surface area contributed by atoms with E-state index in [9.17, 15) is 4.39 Å². The molecule has 16 heavy (non-hydrogen) atoms. The van der Waals surface area contributed by atoms with Gasteiger partial charge >= 0.3 is 0 Å². The normalized spacial score (nSPS) is 12.1. The summed E-state index contributed by atoms with van der Waals surface area (Å²) in [7, 11) is 0. The first-order valence-corrected chi connectivity index (χ1v) is 5.62. The maximum absolute atomic E-state index is 13.7. The SMILES string of the molecule is C#CCC(NCCC)c1ccc(C)cc1F. The quantitative estimate of drug-likeness (QED) is 0.750. The maximum Gasteiger partial charge on any atom is 0.128 e. The van der Waals surface area contributed by atoms with Crippen molar-refractivity contribution in [2.75, 3.05) is 6.54 Å². The first-order chi connectivity index (χ1) is 7.69. The van der Waals surface area contributed by atoms with Crippen LogP contribution in [0.1, 0.15) is 36.9 Å². The van der Waals surface area contributed by atoms with Crippen molar-refractivity contribution in [2.24, 2.45) is 0 Å². The third-order valence-corrected chi connectivity index (χ3v) is 2.49. The second-order valence-electron chi connectivity index (χ2n) is 3.94. The van der Waals surface area contributed by atoms with Crippen LogP contribution in [-0.4, -0.2) is 6.54 Å². The number of rotatable bonds is 5. The van der Waals surface area contributed by atoms with Crippen molar-refractivity contribution in [3.05, 3.63) is 35.1 Å². The minimum absolute atomic E-state index is 0.0782. The van der Waals surface area contributed by atoms with Crippen LogP contribution in [0.2, 0.25) is 0 Å². The Balaban J connectivity index is 2.88. The van der Waals surface area contributed by atoms with Gasteiger partial charge in [0.05, 0.1) is 0 Å². The summed E-state index contributed by atoms with van der Waals surface area (Å²) in [5.74, 6) is 2.41. The number of hydrogen-bond donors (Lipinski definition) is 1. The summed E-state index contributed by atoms with van der Waals surface area (Å²) in [6.07, 6.45) is 6.83. The predicted molar refractivity (Wildman–Crippen MR) is 65.6 cm³/mol. The van der Waals surface area contributed by atoms with Gasteiger partial charge in [-0.1, -0.05) is 19.1 Å². The molecule has 0 bridgehead atoms. The van der Waals surface area contributed by atoms with Gasteiger partial charge < -0.3 is 5.32 Å². The van der Waals surface area contributed by atoms with Gasteiger partial charge in [0.15, 0.2) is 0 Å². The highest BCUT2D eigenvalue weighted by Gasteiger charge is 2.13. The van der Waals surface area contributed by atoms with Gasteiger partial charge in [-0.15, -0.1) is 12.3 Å². The Bertz CT molecular complexity index is 379. The van der Waals surface area contributed by atoms with Crippen LogP contribution in [0.15, 0.2) is 18.2 Å². The Labute approximate surface area is 97.1 Å². The number of nitrogens with one attached hydrogen (secondary N) is 1. The summed E-state index contributed by atoms with van der Waals surface area (Å²) in [6, 6.07) is 5.20. The molecule has 0 aromatic heterocycles. The summed E-state index contributed by atoms with van der Waals surface area (Å²) >= 11 is 0. The highest BCUT2D eigenvalue weighted by molar-refractivity contribution is 5.27. The second kappa shape index (κ2) is 6.30. The summed E-state index contributed by atoms with van der Waals surface area (Å²) in [6.45, 7) is 4.80. The topological polar surface area (TPSA) is 12.0 Å². The Morgan fingerprint density at radius 3 is 2.81 bits per heavy atom. The molecule has 0 spiro atoms. The van der Waals surface area contributed by atoms with E-state index in [0.29, 0.717) is 12.0 Å². The molecule has 1 nitrogen and oxygen atoms in total. The van der Waals surface area contributed by atoms with Gasteiger partial charge in [0.25, 0.3) is 0 Å². The third kappa shape index (κ3) is 3.36. The molecule has 1 unspecified atom stereocenters. The van der Waals surface area contributed by atoms with Gasteiger partial charge in [-0.2, -0.15) is 0 Å². The van der Waals surface area contributed by atoms with E-state index in [0.717, 1.165) is 18.5 Å². The molecule has 0 amide bonds. The van der Waals surface area contributed by atoms with Crippen LogP contribution in [0.5, 0.6) is 0 Å². The van der Waals surface area contributed by atoms with Crippen molar-refractivity contribution >= 4 is 0 Å². The van der Waals surface area contributed by atoms with Gasteiger partial charge in [-0.3, -0.25) is 0 Å². The van der Waals surface area contributed by atoms with Crippen LogP contribution >= 0.6 is 0 Å². The molecule has 0 saturated heterocycles. The standard InChI is InChI=1S/C14H18FN/c1-4-6-14(16-9-5-2)12-8-7-11(3)10-13(12)15/h1,7-8,10,14,16H,5-6,9H2,2-3H3. The first-order valence-electron chi connectivity index (χ1n) is 5.62. The first kappa shape index (κ1) is 12.7. The number of terminal acetylenes is 1. The molecule has 1 aromatic rings. The zero-order valence-corrected chi connectivity index (χ0v) is 9.89. The highest BCUT2D eigenvalue weighted by Crippen LogP contribution is 2.20. The molecule has 1 rings (SSSR count). The van der Waals surface area contributed by atoms with E-state index in [4.69, 9.17) is 6.42 Å². The molecule has 0 saturated carbocycles. The fraction of sp³-hybridized carbons (Fsp3) is 0.429. The van der Waals surface area contributed by atoms with Crippen molar-refractivity contribution in [1.82, 2.24) is 5.32 Å². The molecule has 86 valence electrons. The van der Waals surface area contributed by atoms with E-state index < -0.39 is 0 Å². The van der Waals surface area contributed by atoms with Crippen LogP contribution in [-0.2, 0) is 0 Å². The van der Waals surface area contributed by atoms with E-state index in [1.54, 1.807) is 6.07 Å². The second-order valence-corrected chi connectivity index (χ2v) is 3.94. The molecule has 0 aliphatic rings. The van der Waals surface area contributed by atoms with E-state index in [1.807, 2.05) is 19.1 Å². The summed E-state index contributed by atoms with van der Waals surface area (Å²) in [5, 5.41) is 3.26. The molecule has 0 fully saturated rings. The molecule has 0 radical (unpaired) electrons. The Kier molecular flexibility index (Phi) is 5.01. The van der Waals surface area contributed by atoms with Gasteiger partial charge in [-0.25, -0.2) is 4.39 Å². The number of benzene rings is 1. The predicted octanol–water partition coefficient (Wildman–Crippen LogP) is 3.20. The average molecular weight is 219 g/mol. The van der Waals surface area contributed by atoms with Crippen LogP contribution in [0, 0.1) is 25.1 Å². The van der Waals surface area contributed by atoms with Crippen molar-refractivity contribution in [3.63, 3.8) is 0 Å². The fourth-order valence-corrected chi connectivity index (χ4v) is 1.64. The Hall–Kier alpha value is -1.33. The molecular weight excluding hydrogens is 201 g/mol. The Morgan fingerprint density at radius 2 is 2.25 bits per heavy atom. The molecule has 1 N–H and O–H groups in total. The molecule has 0 aliphatic carbocycles. The highest BCUT2D eigenvalue weighted by atomic mass is 19.1. The number of hydrogen-bond acceptors (Lipinski definition) is 1. The van der Waals surface area contributed by atoms with Gasteiger partial charge in [0, 0.05) is 18.0 Å². The maximum atomic E-state index is 13.7. The molecule has 0 aliphatic heterocycles. The molecule has 1 atom stereocenters. The molecule has 1 aromatic carbocycles. The zero-order valence-electron chi connectivity index (χ0n) is 9.89. The Morgan fingerprint density at radius 1 is 1.50 bits per heavy atom. The van der Waals surface area contributed by atoms with Gasteiger partial charge in [0.1, 0.15) is 5.82 Å². The van der Waals surface area contributed by atoms with Gasteiger partial charge in [-0.05, 0) is 31.5 Å². The molecule has 2 heteroatoms. The largest absolute Gasteiger partial charge is 0.309 e. The van der Waals surface area contributed by atoms with E-state index in [2.05, 4.69) is 18.2 Å². The van der Waals surface area contributed by atoms with Crippen LogP contribution in [0.25, 0.3) is 0 Å². The minimum Gasteiger partial charge on any atom is -0.309 e.